The first-order chi connectivity index (χ1) is 11.4. The summed E-state index contributed by atoms with van der Waals surface area (Å²) in [5.41, 5.74) is 1.14. The Morgan fingerprint density at radius 3 is 2.16 bits per heavy atom. The van der Waals surface area contributed by atoms with Crippen LogP contribution in [0.1, 0.15) is 32.8 Å². The normalized spacial score (nSPS) is 15.4. The van der Waals surface area contributed by atoms with Gasteiger partial charge in [-0.1, -0.05) is 48.8 Å². The molecule has 1 rings (SSSR count). The molecule has 0 aliphatic rings. The molecule has 1 aromatic carbocycles. The van der Waals surface area contributed by atoms with Crippen molar-refractivity contribution in [3.63, 3.8) is 0 Å². The molecule has 0 bridgehead atoms. The number of rotatable bonds is 9. The molecule has 4 nitrogen and oxygen atoms in total. The maximum atomic E-state index is 11.5. The number of benzene rings is 1. The van der Waals surface area contributed by atoms with E-state index in [1.807, 2.05) is 12.1 Å². The summed E-state index contributed by atoms with van der Waals surface area (Å²) >= 11 is 3.45. The maximum absolute atomic E-state index is 11.5. The third kappa shape index (κ3) is 9.33. The van der Waals surface area contributed by atoms with Crippen LogP contribution in [0.5, 0.6) is 0 Å². The van der Waals surface area contributed by atoms with Gasteiger partial charge in [0.25, 0.3) is 10.1 Å². The van der Waals surface area contributed by atoms with E-state index in [0.29, 0.717) is 0 Å². The van der Waals surface area contributed by atoms with Gasteiger partial charge in [0.1, 0.15) is 0 Å². The van der Waals surface area contributed by atoms with Gasteiger partial charge in [-0.2, -0.15) is 8.42 Å². The van der Waals surface area contributed by atoms with Crippen LogP contribution in [0.25, 0.3) is 0 Å². The average Bonchev–Trinajstić information content (AvgIpc) is 2.45. The Morgan fingerprint density at radius 1 is 1.16 bits per heavy atom. The number of halogens is 1. The van der Waals surface area contributed by atoms with Gasteiger partial charge in [0, 0.05) is 10.4 Å². The Balaban J connectivity index is 2.93. The molecular formula is C18H31BrO4SSi. The van der Waals surface area contributed by atoms with Crippen molar-refractivity contribution in [2.45, 2.75) is 52.8 Å². The van der Waals surface area contributed by atoms with Crippen LogP contribution in [0.15, 0.2) is 28.7 Å². The van der Waals surface area contributed by atoms with E-state index in [9.17, 15) is 8.42 Å². The quantitative estimate of drug-likeness (QED) is 0.413. The summed E-state index contributed by atoms with van der Waals surface area (Å²) in [6.45, 7) is 10.9. The third-order valence-electron chi connectivity index (χ3n) is 3.91. The lowest BCUT2D eigenvalue weighted by Crippen LogP contribution is -2.41. The van der Waals surface area contributed by atoms with Crippen LogP contribution in [0, 0.1) is 11.3 Å². The Morgan fingerprint density at radius 2 is 1.72 bits per heavy atom. The van der Waals surface area contributed by atoms with E-state index in [1.54, 1.807) is 0 Å². The lowest BCUT2D eigenvalue weighted by molar-refractivity contribution is 0.0109. The van der Waals surface area contributed by atoms with Crippen molar-refractivity contribution in [2.24, 2.45) is 11.3 Å². The first-order valence-corrected chi connectivity index (χ1v) is 14.0. The summed E-state index contributed by atoms with van der Waals surface area (Å²) in [4.78, 5) is 0. The van der Waals surface area contributed by atoms with Gasteiger partial charge < -0.3 is 4.43 Å². The van der Waals surface area contributed by atoms with E-state index in [4.69, 9.17) is 8.61 Å². The number of aryl methyl sites for hydroxylation is 1. The van der Waals surface area contributed by atoms with Crippen molar-refractivity contribution in [1.82, 2.24) is 0 Å². The van der Waals surface area contributed by atoms with Gasteiger partial charge in [-0.25, -0.2) is 0 Å². The minimum atomic E-state index is -3.47. The van der Waals surface area contributed by atoms with Gasteiger partial charge in [-0.15, -0.1) is 0 Å². The lowest BCUT2D eigenvalue weighted by Gasteiger charge is -2.38. The van der Waals surface area contributed by atoms with Crippen molar-refractivity contribution < 1.29 is 17.0 Å². The molecule has 2 atom stereocenters. The summed E-state index contributed by atoms with van der Waals surface area (Å²) in [6.07, 6.45) is 2.75. The summed E-state index contributed by atoms with van der Waals surface area (Å²) in [5, 5.41) is 0. The van der Waals surface area contributed by atoms with Gasteiger partial charge >= 0.3 is 0 Å². The predicted octanol–water partition coefficient (Wildman–Crippen LogP) is 4.39. The molecule has 0 saturated carbocycles. The zero-order valence-corrected chi connectivity index (χ0v) is 19.6. The van der Waals surface area contributed by atoms with Crippen LogP contribution in [0.2, 0.25) is 13.1 Å². The monoisotopic (exact) mass is 450 g/mol. The Hall–Kier alpha value is -0.213. The molecular weight excluding hydrogens is 420 g/mol. The second-order valence-electron chi connectivity index (χ2n) is 7.89. The standard InChI is InChI=1S/C18H31BrO4SSi/c1-18(2,3)17(23-25(5)6)15(13-22-24(4,20)21)10-7-14-8-11-16(19)12-9-14/h8-9,11-12,15,17,25H,7,10,13H2,1-6H3/t15-,17?/m1/s1. The van der Waals surface area contributed by atoms with E-state index >= 15 is 0 Å². The minimum Gasteiger partial charge on any atom is -0.417 e. The molecule has 144 valence electrons. The van der Waals surface area contributed by atoms with Crippen molar-refractivity contribution in [2.75, 3.05) is 12.9 Å². The maximum Gasteiger partial charge on any atom is 0.264 e. The van der Waals surface area contributed by atoms with Crippen molar-refractivity contribution in [3.8, 4) is 0 Å². The second kappa shape index (κ2) is 9.64. The first kappa shape index (κ1) is 22.8. The molecule has 0 aliphatic carbocycles. The van der Waals surface area contributed by atoms with Crippen LogP contribution in [-0.4, -0.2) is 36.4 Å². The lowest BCUT2D eigenvalue weighted by atomic mass is 9.79. The zero-order valence-electron chi connectivity index (χ0n) is 16.1. The SMILES string of the molecule is C[SiH](C)OC([C@H](CCc1ccc(Br)cc1)COS(C)(=O)=O)C(C)(C)C. The molecule has 1 unspecified atom stereocenters. The molecule has 1 aromatic rings. The van der Waals surface area contributed by atoms with E-state index < -0.39 is 19.2 Å². The van der Waals surface area contributed by atoms with Crippen LogP contribution in [0.4, 0.5) is 0 Å². The van der Waals surface area contributed by atoms with Crippen LogP contribution >= 0.6 is 15.9 Å². The third-order valence-corrected chi connectivity index (χ3v) is 5.84. The van der Waals surface area contributed by atoms with E-state index in [2.05, 4.69) is 61.9 Å². The summed E-state index contributed by atoms with van der Waals surface area (Å²) in [6, 6.07) is 8.22. The van der Waals surface area contributed by atoms with Gasteiger partial charge in [0.2, 0.25) is 0 Å². The topological polar surface area (TPSA) is 52.6 Å². The Labute approximate surface area is 163 Å². The van der Waals surface area contributed by atoms with E-state index in [1.165, 1.54) is 5.56 Å². The Bertz CT molecular complexity index is 623. The zero-order chi connectivity index (χ0) is 19.3. The average molecular weight is 451 g/mol. The molecule has 0 saturated heterocycles. The van der Waals surface area contributed by atoms with Crippen LogP contribution in [0.3, 0.4) is 0 Å². The molecule has 25 heavy (non-hydrogen) atoms. The highest BCUT2D eigenvalue weighted by atomic mass is 79.9. The highest BCUT2D eigenvalue weighted by Crippen LogP contribution is 2.32. The molecule has 0 N–H and O–H groups in total. The molecule has 0 heterocycles. The fraction of sp³-hybridized carbons (Fsp3) is 0.667. The molecule has 0 radical (unpaired) electrons. The van der Waals surface area contributed by atoms with Crippen LogP contribution in [-0.2, 0) is 25.1 Å². The fourth-order valence-electron chi connectivity index (χ4n) is 2.85. The van der Waals surface area contributed by atoms with Crippen molar-refractivity contribution in [1.29, 1.82) is 0 Å². The molecule has 0 fully saturated rings. The van der Waals surface area contributed by atoms with Gasteiger partial charge in [-0.3, -0.25) is 4.18 Å². The van der Waals surface area contributed by atoms with Crippen molar-refractivity contribution >= 4 is 35.1 Å². The molecule has 0 spiro atoms. The summed E-state index contributed by atoms with van der Waals surface area (Å²) in [5.74, 6) is 0.0215. The second-order valence-corrected chi connectivity index (χ2v) is 12.8. The highest BCUT2D eigenvalue weighted by Gasteiger charge is 2.34. The summed E-state index contributed by atoms with van der Waals surface area (Å²) in [7, 11) is -4.73. The van der Waals surface area contributed by atoms with E-state index in [-0.39, 0.29) is 24.0 Å². The molecule has 0 aliphatic heterocycles. The Kier molecular flexibility index (Phi) is 8.81. The molecule has 0 amide bonds. The van der Waals surface area contributed by atoms with E-state index in [0.717, 1.165) is 23.6 Å². The van der Waals surface area contributed by atoms with Gasteiger partial charge in [-0.05, 0) is 49.0 Å². The smallest absolute Gasteiger partial charge is 0.264 e. The van der Waals surface area contributed by atoms with Crippen molar-refractivity contribution in [3.05, 3.63) is 34.3 Å². The van der Waals surface area contributed by atoms with Gasteiger partial charge in [0.15, 0.2) is 9.04 Å². The van der Waals surface area contributed by atoms with Crippen LogP contribution < -0.4 is 0 Å². The minimum absolute atomic E-state index is 0.0215. The fourth-order valence-corrected chi connectivity index (χ4v) is 4.76. The predicted molar refractivity (Wildman–Crippen MR) is 110 cm³/mol. The summed E-state index contributed by atoms with van der Waals surface area (Å²) < 4.78 is 35.5. The largest absolute Gasteiger partial charge is 0.417 e. The molecule has 0 aromatic heterocycles. The van der Waals surface area contributed by atoms with Gasteiger partial charge in [0.05, 0.1) is 19.0 Å². The highest BCUT2D eigenvalue weighted by molar-refractivity contribution is 9.10. The molecule has 7 heteroatoms. The number of hydrogen-bond donors (Lipinski definition) is 0. The first-order valence-electron chi connectivity index (χ1n) is 8.63. The number of hydrogen-bond acceptors (Lipinski definition) is 4.